The molecule has 0 aliphatic heterocycles. The monoisotopic (exact) mass is 162 g/mol. The summed E-state index contributed by atoms with van der Waals surface area (Å²) in [5.41, 5.74) is 5.02. The molecule has 0 bridgehead atoms. The van der Waals surface area contributed by atoms with Crippen LogP contribution in [0, 0.1) is 5.41 Å². The second-order valence-corrected chi connectivity index (χ2v) is 3.37. The number of thioether (sulfide) groups is 1. The summed E-state index contributed by atoms with van der Waals surface area (Å²) in [4.78, 5) is 10.1. The average molecular weight is 162 g/mol. The van der Waals surface area contributed by atoms with Crippen LogP contribution in [0.4, 0.5) is 0 Å². The van der Waals surface area contributed by atoms with Crippen LogP contribution in [0.1, 0.15) is 13.3 Å². The van der Waals surface area contributed by atoms with Gasteiger partial charge in [0.05, 0.1) is 6.42 Å². The number of nitrogens with one attached hydrogen (secondary N) is 1. The fraction of sp³-hybridized carbons (Fsp3) is 0.600. The molecule has 0 spiro atoms. The van der Waals surface area contributed by atoms with E-state index >= 15 is 0 Å². The SMILES string of the molecule is CC(CC(=O)O)SC(=N)N. The van der Waals surface area contributed by atoms with Gasteiger partial charge in [-0.1, -0.05) is 18.7 Å². The summed E-state index contributed by atoms with van der Waals surface area (Å²) in [5.74, 6) is -0.860. The highest BCUT2D eigenvalue weighted by molar-refractivity contribution is 8.14. The topological polar surface area (TPSA) is 87.2 Å². The van der Waals surface area contributed by atoms with Crippen LogP contribution >= 0.6 is 11.8 Å². The Morgan fingerprint density at radius 1 is 1.90 bits per heavy atom. The number of carboxylic acids is 1. The molecule has 4 nitrogen and oxygen atoms in total. The van der Waals surface area contributed by atoms with Crippen molar-refractivity contribution in [2.24, 2.45) is 5.73 Å². The maximum absolute atomic E-state index is 10.1. The minimum atomic E-state index is -0.860. The summed E-state index contributed by atoms with van der Waals surface area (Å²) in [6.07, 6.45) is 0.0459. The van der Waals surface area contributed by atoms with E-state index in [1.807, 2.05) is 0 Å². The minimum Gasteiger partial charge on any atom is -0.481 e. The molecule has 0 heterocycles. The van der Waals surface area contributed by atoms with Gasteiger partial charge in [-0.2, -0.15) is 0 Å². The highest BCUT2D eigenvalue weighted by Crippen LogP contribution is 2.12. The molecule has 10 heavy (non-hydrogen) atoms. The van der Waals surface area contributed by atoms with E-state index in [9.17, 15) is 4.79 Å². The minimum absolute atomic E-state index is 0.0336. The van der Waals surface area contributed by atoms with Crippen molar-refractivity contribution in [3.05, 3.63) is 0 Å². The summed E-state index contributed by atoms with van der Waals surface area (Å²) in [6.45, 7) is 1.72. The number of hydrogen-bond donors (Lipinski definition) is 3. The lowest BCUT2D eigenvalue weighted by atomic mass is 10.3. The Morgan fingerprint density at radius 3 is 2.70 bits per heavy atom. The van der Waals surface area contributed by atoms with E-state index in [1.165, 1.54) is 0 Å². The summed E-state index contributed by atoms with van der Waals surface area (Å²) in [6, 6.07) is 0. The molecule has 0 aromatic rings. The van der Waals surface area contributed by atoms with E-state index in [2.05, 4.69) is 0 Å². The Morgan fingerprint density at radius 2 is 2.40 bits per heavy atom. The zero-order valence-electron chi connectivity index (χ0n) is 5.63. The molecule has 0 rings (SSSR count). The van der Waals surface area contributed by atoms with Crippen molar-refractivity contribution >= 4 is 22.9 Å². The van der Waals surface area contributed by atoms with Crippen LogP contribution in [0.5, 0.6) is 0 Å². The van der Waals surface area contributed by atoms with E-state index in [0.717, 1.165) is 11.8 Å². The first-order valence-electron chi connectivity index (χ1n) is 2.75. The van der Waals surface area contributed by atoms with Gasteiger partial charge in [0.1, 0.15) is 0 Å². The van der Waals surface area contributed by atoms with Crippen molar-refractivity contribution < 1.29 is 9.90 Å². The van der Waals surface area contributed by atoms with Crippen LogP contribution in [0.3, 0.4) is 0 Å². The Balaban J connectivity index is 3.53. The first-order chi connectivity index (χ1) is 4.52. The molecule has 1 atom stereocenters. The summed E-state index contributed by atoms with van der Waals surface area (Å²) >= 11 is 1.06. The first kappa shape index (κ1) is 9.29. The van der Waals surface area contributed by atoms with Gasteiger partial charge in [0.2, 0.25) is 0 Å². The Bertz CT molecular complexity index is 133. The highest BCUT2D eigenvalue weighted by Gasteiger charge is 2.08. The molecule has 0 fully saturated rings. The molecule has 5 heteroatoms. The molecule has 0 amide bonds. The zero-order chi connectivity index (χ0) is 8.15. The molecular formula is C5H10N2O2S. The molecule has 0 aliphatic rings. The third-order valence-electron chi connectivity index (χ3n) is 0.790. The Hall–Kier alpha value is -0.710. The van der Waals surface area contributed by atoms with Gasteiger partial charge in [-0.25, -0.2) is 0 Å². The molecular weight excluding hydrogens is 152 g/mol. The van der Waals surface area contributed by atoms with Gasteiger partial charge in [0.15, 0.2) is 5.17 Å². The van der Waals surface area contributed by atoms with E-state index < -0.39 is 5.97 Å². The fourth-order valence-corrected chi connectivity index (χ4v) is 1.16. The Kier molecular flexibility index (Phi) is 3.87. The van der Waals surface area contributed by atoms with Crippen molar-refractivity contribution in [2.75, 3.05) is 0 Å². The molecule has 0 saturated carbocycles. The van der Waals surface area contributed by atoms with Crippen LogP contribution in [0.25, 0.3) is 0 Å². The van der Waals surface area contributed by atoms with Gasteiger partial charge in [-0.15, -0.1) is 0 Å². The zero-order valence-corrected chi connectivity index (χ0v) is 6.44. The summed E-state index contributed by atoms with van der Waals surface area (Å²) in [7, 11) is 0. The first-order valence-corrected chi connectivity index (χ1v) is 3.63. The van der Waals surface area contributed by atoms with E-state index in [-0.39, 0.29) is 16.8 Å². The number of nitrogens with two attached hydrogens (primary N) is 1. The van der Waals surface area contributed by atoms with Gasteiger partial charge in [-0.3, -0.25) is 10.2 Å². The van der Waals surface area contributed by atoms with Crippen molar-refractivity contribution in [1.82, 2.24) is 0 Å². The maximum atomic E-state index is 10.1. The van der Waals surface area contributed by atoms with Gasteiger partial charge < -0.3 is 10.8 Å². The normalized spacial score (nSPS) is 12.5. The summed E-state index contributed by atoms with van der Waals surface area (Å²) < 4.78 is 0. The number of carboxylic acid groups (broad SMARTS) is 1. The number of aliphatic carboxylic acids is 1. The van der Waals surface area contributed by atoms with Crippen molar-refractivity contribution in [2.45, 2.75) is 18.6 Å². The number of carbonyl (C=O) groups is 1. The van der Waals surface area contributed by atoms with Crippen LogP contribution in [0.2, 0.25) is 0 Å². The molecule has 0 radical (unpaired) electrons. The molecule has 4 N–H and O–H groups in total. The lowest BCUT2D eigenvalue weighted by Gasteiger charge is -2.04. The van der Waals surface area contributed by atoms with Crippen LogP contribution in [-0.4, -0.2) is 21.5 Å². The molecule has 1 unspecified atom stereocenters. The highest BCUT2D eigenvalue weighted by atomic mass is 32.2. The second kappa shape index (κ2) is 4.16. The predicted molar refractivity (Wildman–Crippen MR) is 41.2 cm³/mol. The van der Waals surface area contributed by atoms with Gasteiger partial charge in [0.25, 0.3) is 0 Å². The molecule has 58 valence electrons. The van der Waals surface area contributed by atoms with Crippen LogP contribution in [0.15, 0.2) is 0 Å². The van der Waals surface area contributed by atoms with Gasteiger partial charge in [-0.05, 0) is 0 Å². The maximum Gasteiger partial charge on any atom is 0.304 e. The van der Waals surface area contributed by atoms with Crippen molar-refractivity contribution in [3.63, 3.8) is 0 Å². The number of rotatable bonds is 3. The number of hydrogen-bond acceptors (Lipinski definition) is 3. The average Bonchev–Trinajstić information content (AvgIpc) is 1.58. The third-order valence-corrected chi connectivity index (χ3v) is 1.61. The molecule has 0 saturated heterocycles. The smallest absolute Gasteiger partial charge is 0.304 e. The van der Waals surface area contributed by atoms with Crippen molar-refractivity contribution in [1.29, 1.82) is 5.41 Å². The predicted octanol–water partition coefficient (Wildman–Crippen LogP) is 0.476. The van der Waals surface area contributed by atoms with E-state index in [0.29, 0.717) is 0 Å². The summed E-state index contributed by atoms with van der Waals surface area (Å²) in [5, 5.41) is 14.9. The standard InChI is InChI=1S/C5H10N2O2S/c1-3(2-4(8)9)10-5(6)7/h3H,2H2,1H3,(H3,6,7)(H,8,9). The van der Waals surface area contributed by atoms with Crippen molar-refractivity contribution in [3.8, 4) is 0 Å². The van der Waals surface area contributed by atoms with Crippen LogP contribution in [-0.2, 0) is 4.79 Å². The molecule has 0 aromatic carbocycles. The largest absolute Gasteiger partial charge is 0.481 e. The lowest BCUT2D eigenvalue weighted by Crippen LogP contribution is -2.13. The van der Waals surface area contributed by atoms with E-state index in [1.54, 1.807) is 6.92 Å². The molecule has 0 aromatic heterocycles. The third kappa shape index (κ3) is 5.43. The second-order valence-electron chi connectivity index (χ2n) is 1.89. The van der Waals surface area contributed by atoms with Gasteiger partial charge in [0, 0.05) is 5.25 Å². The lowest BCUT2D eigenvalue weighted by molar-refractivity contribution is -0.136. The fourth-order valence-electron chi connectivity index (χ4n) is 0.504. The molecule has 0 aliphatic carbocycles. The Labute approximate surface area is 63.3 Å². The number of amidine groups is 1. The quantitative estimate of drug-likeness (QED) is 0.416. The van der Waals surface area contributed by atoms with Gasteiger partial charge >= 0.3 is 5.97 Å². The van der Waals surface area contributed by atoms with Crippen LogP contribution < -0.4 is 5.73 Å². The van der Waals surface area contributed by atoms with E-state index in [4.69, 9.17) is 16.2 Å².